The SMILES string of the molecule is COc1c(Br)ccc(F)c1OB(O)OO. The summed E-state index contributed by atoms with van der Waals surface area (Å²) >= 11 is 3.10. The molecule has 0 aliphatic heterocycles. The third-order valence-corrected chi connectivity index (χ3v) is 2.15. The van der Waals surface area contributed by atoms with Crippen molar-refractivity contribution < 1.29 is 28.9 Å². The first kappa shape index (κ1) is 12.2. The Morgan fingerprint density at radius 3 is 2.60 bits per heavy atom. The number of benzene rings is 1. The molecule has 0 saturated heterocycles. The Bertz CT molecular complexity index is 350. The van der Waals surface area contributed by atoms with Crippen LogP contribution in [0.15, 0.2) is 16.6 Å². The Hall–Kier alpha value is -0.825. The summed E-state index contributed by atoms with van der Waals surface area (Å²) < 4.78 is 23.1. The lowest BCUT2D eigenvalue weighted by atomic mass is 10.2. The highest BCUT2D eigenvalue weighted by molar-refractivity contribution is 9.10. The van der Waals surface area contributed by atoms with Crippen LogP contribution in [0, 0.1) is 5.82 Å². The van der Waals surface area contributed by atoms with Crippen LogP contribution in [-0.2, 0) is 4.81 Å². The van der Waals surface area contributed by atoms with Gasteiger partial charge in [0.2, 0.25) is 0 Å². The molecular formula is C7H7BBrFO5. The molecule has 1 aromatic carbocycles. The topological polar surface area (TPSA) is 68.2 Å². The van der Waals surface area contributed by atoms with Crippen molar-refractivity contribution in [1.82, 2.24) is 0 Å². The van der Waals surface area contributed by atoms with Gasteiger partial charge in [0.1, 0.15) is 0 Å². The van der Waals surface area contributed by atoms with Crippen molar-refractivity contribution in [2.75, 3.05) is 7.11 Å². The number of hydrogen-bond donors (Lipinski definition) is 2. The Morgan fingerprint density at radius 2 is 2.07 bits per heavy atom. The molecule has 0 aliphatic rings. The number of ether oxygens (including phenoxy) is 1. The van der Waals surface area contributed by atoms with Crippen molar-refractivity contribution in [2.24, 2.45) is 0 Å². The first-order chi connectivity index (χ1) is 7.10. The lowest BCUT2D eigenvalue weighted by molar-refractivity contribution is -0.171. The fourth-order valence-corrected chi connectivity index (χ4v) is 1.41. The van der Waals surface area contributed by atoms with Gasteiger partial charge in [0.25, 0.3) is 0 Å². The molecule has 0 saturated carbocycles. The molecule has 0 amide bonds. The van der Waals surface area contributed by atoms with Crippen molar-refractivity contribution in [1.29, 1.82) is 0 Å². The monoisotopic (exact) mass is 280 g/mol. The third kappa shape index (κ3) is 2.82. The van der Waals surface area contributed by atoms with Gasteiger partial charge in [-0.2, -0.15) is 0 Å². The van der Waals surface area contributed by atoms with E-state index in [1.807, 2.05) is 0 Å². The summed E-state index contributed by atoms with van der Waals surface area (Å²) in [5.74, 6) is -1.08. The molecule has 1 rings (SSSR count). The minimum Gasteiger partial charge on any atom is -0.505 e. The van der Waals surface area contributed by atoms with Gasteiger partial charge in [-0.05, 0) is 28.1 Å². The van der Waals surface area contributed by atoms with Crippen molar-refractivity contribution >= 4 is 23.3 Å². The molecule has 82 valence electrons. The highest BCUT2D eigenvalue weighted by atomic mass is 79.9. The van der Waals surface area contributed by atoms with Crippen molar-refractivity contribution in [3.8, 4) is 11.5 Å². The Balaban J connectivity index is 3.08. The van der Waals surface area contributed by atoms with E-state index < -0.39 is 13.1 Å². The average molecular weight is 281 g/mol. The lowest BCUT2D eigenvalue weighted by Crippen LogP contribution is -2.25. The third-order valence-electron chi connectivity index (χ3n) is 1.53. The molecule has 2 N–H and O–H groups in total. The normalized spacial score (nSPS) is 9.93. The molecule has 0 spiro atoms. The fraction of sp³-hybridized carbons (Fsp3) is 0.143. The Kier molecular flexibility index (Phi) is 4.34. The molecule has 0 bridgehead atoms. The van der Waals surface area contributed by atoms with Crippen LogP contribution in [0.3, 0.4) is 0 Å². The van der Waals surface area contributed by atoms with E-state index in [2.05, 4.69) is 25.4 Å². The zero-order valence-electron chi connectivity index (χ0n) is 7.61. The maximum atomic E-state index is 13.2. The van der Waals surface area contributed by atoms with Crippen LogP contribution in [0.4, 0.5) is 4.39 Å². The Labute approximate surface area is 93.6 Å². The van der Waals surface area contributed by atoms with E-state index in [4.69, 9.17) is 15.0 Å². The van der Waals surface area contributed by atoms with Gasteiger partial charge in [-0.1, -0.05) is 0 Å². The molecule has 5 nitrogen and oxygen atoms in total. The first-order valence-electron chi connectivity index (χ1n) is 3.77. The van der Waals surface area contributed by atoms with E-state index in [9.17, 15) is 4.39 Å². The number of rotatable bonds is 4. The molecule has 1 aromatic rings. The predicted molar refractivity (Wildman–Crippen MR) is 53.0 cm³/mol. The Morgan fingerprint density at radius 1 is 1.40 bits per heavy atom. The summed E-state index contributed by atoms with van der Waals surface area (Å²) in [5, 5.41) is 16.9. The summed E-state index contributed by atoms with van der Waals surface area (Å²) in [5.41, 5.74) is 0. The molecule has 15 heavy (non-hydrogen) atoms. The van der Waals surface area contributed by atoms with Gasteiger partial charge in [0.15, 0.2) is 17.3 Å². The van der Waals surface area contributed by atoms with Crippen LogP contribution in [0.25, 0.3) is 0 Å². The molecular weight excluding hydrogens is 274 g/mol. The van der Waals surface area contributed by atoms with E-state index in [0.717, 1.165) is 6.07 Å². The smallest absolute Gasteiger partial charge is 0.505 e. The van der Waals surface area contributed by atoms with Gasteiger partial charge in [-0.25, -0.2) is 9.20 Å². The standard InChI is InChI=1S/C7H7BBrFO5/c1-13-6-4(9)2-3-5(10)7(6)14-8(11)15-12/h2-3,11-12H,1H3. The predicted octanol–water partition coefficient (Wildman–Crippen LogP) is 1.44. The second-order valence-corrected chi connectivity index (χ2v) is 3.28. The number of hydrogen-bond acceptors (Lipinski definition) is 5. The summed E-state index contributed by atoms with van der Waals surface area (Å²) in [7, 11) is -0.679. The van der Waals surface area contributed by atoms with Crippen molar-refractivity contribution in [3.63, 3.8) is 0 Å². The zero-order valence-corrected chi connectivity index (χ0v) is 9.19. The summed E-state index contributed by atoms with van der Waals surface area (Å²) in [6.45, 7) is 0. The highest BCUT2D eigenvalue weighted by Gasteiger charge is 2.24. The molecule has 0 radical (unpaired) electrons. The van der Waals surface area contributed by atoms with Crippen LogP contribution < -0.4 is 9.39 Å². The second-order valence-electron chi connectivity index (χ2n) is 2.42. The number of halogens is 2. The van der Waals surface area contributed by atoms with Gasteiger partial charge in [0, 0.05) is 0 Å². The summed E-state index contributed by atoms with van der Waals surface area (Å²) in [6.07, 6.45) is 0. The van der Waals surface area contributed by atoms with Gasteiger partial charge >= 0.3 is 7.32 Å². The van der Waals surface area contributed by atoms with Crippen LogP contribution in [0.5, 0.6) is 11.5 Å². The van der Waals surface area contributed by atoms with Crippen LogP contribution in [-0.4, -0.2) is 24.7 Å². The van der Waals surface area contributed by atoms with Crippen molar-refractivity contribution in [2.45, 2.75) is 0 Å². The zero-order chi connectivity index (χ0) is 11.4. The first-order valence-corrected chi connectivity index (χ1v) is 4.56. The quantitative estimate of drug-likeness (QED) is 0.496. The van der Waals surface area contributed by atoms with Crippen LogP contribution in [0.2, 0.25) is 0 Å². The summed E-state index contributed by atoms with van der Waals surface area (Å²) in [6, 6.07) is 2.51. The van der Waals surface area contributed by atoms with Gasteiger partial charge < -0.3 is 14.4 Å². The minimum absolute atomic E-state index is 0.0473. The van der Waals surface area contributed by atoms with Gasteiger partial charge in [-0.3, -0.25) is 5.26 Å². The van der Waals surface area contributed by atoms with Gasteiger partial charge in [0.05, 0.1) is 11.6 Å². The second kappa shape index (κ2) is 5.31. The maximum Gasteiger partial charge on any atom is 0.739 e. The van der Waals surface area contributed by atoms with Crippen LogP contribution >= 0.6 is 15.9 Å². The largest absolute Gasteiger partial charge is 0.739 e. The molecule has 0 unspecified atom stereocenters. The van der Waals surface area contributed by atoms with Crippen molar-refractivity contribution in [3.05, 3.63) is 22.4 Å². The fourth-order valence-electron chi connectivity index (χ4n) is 0.937. The highest BCUT2D eigenvalue weighted by Crippen LogP contribution is 2.37. The van der Waals surface area contributed by atoms with E-state index in [0.29, 0.717) is 4.47 Å². The van der Waals surface area contributed by atoms with Crippen LogP contribution in [0.1, 0.15) is 0 Å². The molecule has 0 aliphatic carbocycles. The molecule has 0 atom stereocenters. The van der Waals surface area contributed by atoms with E-state index in [1.165, 1.54) is 13.2 Å². The molecule has 0 fully saturated rings. The minimum atomic E-state index is -1.98. The van der Waals surface area contributed by atoms with E-state index >= 15 is 0 Å². The molecule has 0 aromatic heterocycles. The van der Waals surface area contributed by atoms with E-state index in [1.54, 1.807) is 0 Å². The van der Waals surface area contributed by atoms with Gasteiger partial charge in [-0.15, -0.1) is 0 Å². The molecule has 0 heterocycles. The lowest BCUT2D eigenvalue weighted by Gasteiger charge is -2.12. The van der Waals surface area contributed by atoms with E-state index in [-0.39, 0.29) is 11.5 Å². The average Bonchev–Trinajstić information content (AvgIpc) is 2.23. The maximum absolute atomic E-state index is 13.2. The summed E-state index contributed by atoms with van der Waals surface area (Å²) in [4.78, 5) is 3.44. The number of methoxy groups -OCH3 is 1. The molecule has 8 heteroatoms.